The van der Waals surface area contributed by atoms with Gasteiger partial charge in [0, 0.05) is 0 Å². The van der Waals surface area contributed by atoms with Gasteiger partial charge in [-0.15, -0.1) is 0 Å². The number of aliphatic hydroxyl groups is 1. The first-order chi connectivity index (χ1) is 6.56. The Morgan fingerprint density at radius 1 is 1.21 bits per heavy atom. The summed E-state index contributed by atoms with van der Waals surface area (Å²) in [4.78, 5) is 0. The SMILES string of the molecule is CC(C)(O)CC1C2CCCC1CNC2. The lowest BCUT2D eigenvalue weighted by Gasteiger charge is -2.45. The fraction of sp³-hybridized carbons (Fsp3) is 1.00. The van der Waals surface area contributed by atoms with Crippen LogP contribution in [-0.4, -0.2) is 23.8 Å². The second-order valence-corrected chi connectivity index (χ2v) is 5.79. The topological polar surface area (TPSA) is 32.3 Å². The largest absolute Gasteiger partial charge is 0.390 e. The van der Waals surface area contributed by atoms with E-state index in [2.05, 4.69) is 5.32 Å². The molecule has 2 bridgehead atoms. The van der Waals surface area contributed by atoms with Crippen molar-refractivity contribution in [3.63, 3.8) is 0 Å². The van der Waals surface area contributed by atoms with Crippen LogP contribution in [0.2, 0.25) is 0 Å². The predicted molar refractivity (Wildman–Crippen MR) is 58.1 cm³/mol. The molecule has 0 spiro atoms. The Kier molecular flexibility index (Phi) is 2.85. The molecule has 0 aromatic heterocycles. The van der Waals surface area contributed by atoms with Crippen LogP contribution in [0.3, 0.4) is 0 Å². The zero-order valence-electron chi connectivity index (χ0n) is 9.42. The van der Waals surface area contributed by atoms with Crippen LogP contribution in [0.4, 0.5) is 0 Å². The van der Waals surface area contributed by atoms with E-state index < -0.39 is 5.60 Å². The van der Waals surface area contributed by atoms with Crippen LogP contribution >= 0.6 is 0 Å². The summed E-state index contributed by atoms with van der Waals surface area (Å²) in [7, 11) is 0. The maximum atomic E-state index is 9.90. The predicted octanol–water partition coefficient (Wildman–Crippen LogP) is 1.78. The van der Waals surface area contributed by atoms with Crippen molar-refractivity contribution in [2.45, 2.75) is 45.1 Å². The second-order valence-electron chi connectivity index (χ2n) is 5.79. The fourth-order valence-corrected chi connectivity index (χ4v) is 3.33. The third-order valence-corrected chi connectivity index (χ3v) is 3.91. The Balaban J connectivity index is 2.01. The van der Waals surface area contributed by atoms with Gasteiger partial charge >= 0.3 is 0 Å². The minimum atomic E-state index is -0.476. The molecule has 2 N–H and O–H groups in total. The van der Waals surface area contributed by atoms with Gasteiger partial charge in [-0.3, -0.25) is 0 Å². The smallest absolute Gasteiger partial charge is 0.0594 e. The van der Waals surface area contributed by atoms with Crippen molar-refractivity contribution in [2.75, 3.05) is 13.1 Å². The summed E-state index contributed by atoms with van der Waals surface area (Å²) in [6.45, 7) is 6.25. The van der Waals surface area contributed by atoms with E-state index in [1.807, 2.05) is 13.8 Å². The van der Waals surface area contributed by atoms with Crippen molar-refractivity contribution in [3.8, 4) is 0 Å². The summed E-state index contributed by atoms with van der Waals surface area (Å²) in [5, 5.41) is 13.4. The third-order valence-electron chi connectivity index (χ3n) is 3.91. The van der Waals surface area contributed by atoms with Crippen LogP contribution < -0.4 is 5.32 Å². The van der Waals surface area contributed by atoms with Crippen molar-refractivity contribution < 1.29 is 5.11 Å². The average Bonchev–Trinajstić information content (AvgIpc) is 1.99. The van der Waals surface area contributed by atoms with E-state index in [0.29, 0.717) is 0 Å². The molecule has 2 heteroatoms. The highest BCUT2D eigenvalue weighted by molar-refractivity contribution is 4.91. The average molecular weight is 197 g/mol. The third kappa shape index (κ3) is 2.29. The van der Waals surface area contributed by atoms with Gasteiger partial charge in [-0.1, -0.05) is 6.42 Å². The van der Waals surface area contributed by atoms with Crippen LogP contribution in [0.25, 0.3) is 0 Å². The summed E-state index contributed by atoms with van der Waals surface area (Å²) in [5.41, 5.74) is -0.476. The number of nitrogens with one attached hydrogen (secondary N) is 1. The van der Waals surface area contributed by atoms with Crippen LogP contribution in [-0.2, 0) is 0 Å². The first-order valence-electron chi connectivity index (χ1n) is 5.99. The molecule has 1 aliphatic carbocycles. The molecule has 0 amide bonds. The minimum Gasteiger partial charge on any atom is -0.390 e. The van der Waals surface area contributed by atoms with Crippen molar-refractivity contribution >= 4 is 0 Å². The maximum Gasteiger partial charge on any atom is 0.0594 e. The van der Waals surface area contributed by atoms with Crippen LogP contribution in [0.5, 0.6) is 0 Å². The molecule has 0 aromatic rings. The molecule has 82 valence electrons. The van der Waals surface area contributed by atoms with Gasteiger partial charge in [0.15, 0.2) is 0 Å². The summed E-state index contributed by atoms with van der Waals surface area (Å²) < 4.78 is 0. The van der Waals surface area contributed by atoms with Crippen LogP contribution in [0, 0.1) is 17.8 Å². The molecular weight excluding hydrogens is 174 g/mol. The second kappa shape index (κ2) is 3.82. The highest BCUT2D eigenvalue weighted by Gasteiger charge is 2.38. The van der Waals surface area contributed by atoms with Gasteiger partial charge in [0.05, 0.1) is 5.60 Å². The Bertz CT molecular complexity index is 175. The number of hydrogen-bond acceptors (Lipinski definition) is 2. The van der Waals surface area contributed by atoms with E-state index in [1.54, 1.807) is 0 Å². The first kappa shape index (κ1) is 10.4. The molecule has 1 heterocycles. The molecule has 1 saturated carbocycles. The van der Waals surface area contributed by atoms with Crippen molar-refractivity contribution in [1.82, 2.24) is 5.32 Å². The van der Waals surface area contributed by atoms with E-state index in [0.717, 1.165) is 24.2 Å². The zero-order valence-corrected chi connectivity index (χ0v) is 9.42. The normalized spacial score (nSPS) is 38.4. The molecule has 2 fully saturated rings. The van der Waals surface area contributed by atoms with Crippen molar-refractivity contribution in [2.24, 2.45) is 17.8 Å². The standard InChI is InChI=1S/C12H23NO/c1-12(2,14)6-11-9-4-3-5-10(11)8-13-7-9/h9-11,13-14H,3-8H2,1-2H3. The van der Waals surface area contributed by atoms with E-state index in [1.165, 1.54) is 32.4 Å². The van der Waals surface area contributed by atoms with E-state index in [-0.39, 0.29) is 0 Å². The molecule has 1 saturated heterocycles. The molecule has 0 radical (unpaired) electrons. The van der Waals surface area contributed by atoms with Crippen LogP contribution in [0.15, 0.2) is 0 Å². The quantitative estimate of drug-likeness (QED) is 0.707. The molecule has 0 aromatic carbocycles. The maximum absolute atomic E-state index is 9.90. The summed E-state index contributed by atoms with van der Waals surface area (Å²) >= 11 is 0. The Hall–Kier alpha value is -0.0800. The zero-order chi connectivity index (χ0) is 10.2. The van der Waals surface area contributed by atoms with Gasteiger partial charge in [-0.05, 0) is 64.0 Å². The van der Waals surface area contributed by atoms with E-state index in [4.69, 9.17) is 0 Å². The number of hydrogen-bond donors (Lipinski definition) is 2. The minimum absolute atomic E-state index is 0.476. The summed E-state index contributed by atoms with van der Waals surface area (Å²) in [6, 6.07) is 0. The van der Waals surface area contributed by atoms with Crippen molar-refractivity contribution in [1.29, 1.82) is 0 Å². The lowest BCUT2D eigenvalue weighted by atomic mass is 9.66. The van der Waals surface area contributed by atoms with E-state index in [9.17, 15) is 5.11 Å². The lowest BCUT2D eigenvalue weighted by Crippen LogP contribution is -2.48. The Labute approximate surface area is 87.1 Å². The fourth-order valence-electron chi connectivity index (χ4n) is 3.33. The Morgan fingerprint density at radius 3 is 2.29 bits per heavy atom. The molecule has 2 nitrogen and oxygen atoms in total. The van der Waals surface area contributed by atoms with Gasteiger partial charge in [-0.25, -0.2) is 0 Å². The van der Waals surface area contributed by atoms with Gasteiger partial charge in [-0.2, -0.15) is 0 Å². The molecule has 1 aliphatic heterocycles. The molecule has 2 rings (SSSR count). The molecule has 14 heavy (non-hydrogen) atoms. The highest BCUT2D eigenvalue weighted by Crippen LogP contribution is 2.41. The van der Waals surface area contributed by atoms with Crippen molar-refractivity contribution in [3.05, 3.63) is 0 Å². The van der Waals surface area contributed by atoms with Gasteiger partial charge in [0.25, 0.3) is 0 Å². The molecule has 2 atom stereocenters. The van der Waals surface area contributed by atoms with Gasteiger partial charge < -0.3 is 10.4 Å². The lowest BCUT2D eigenvalue weighted by molar-refractivity contribution is 0.000762. The van der Waals surface area contributed by atoms with E-state index >= 15 is 0 Å². The molecule has 2 unspecified atom stereocenters. The summed E-state index contributed by atoms with van der Waals surface area (Å²) in [5.74, 6) is 2.42. The molecule has 2 aliphatic rings. The molecular formula is C12H23NO. The van der Waals surface area contributed by atoms with Gasteiger partial charge in [0.1, 0.15) is 0 Å². The van der Waals surface area contributed by atoms with Crippen LogP contribution in [0.1, 0.15) is 39.5 Å². The number of piperidine rings is 1. The monoisotopic (exact) mass is 197 g/mol. The number of rotatable bonds is 2. The highest BCUT2D eigenvalue weighted by atomic mass is 16.3. The summed E-state index contributed by atoms with van der Waals surface area (Å²) in [6.07, 6.45) is 5.12. The Morgan fingerprint density at radius 2 is 1.79 bits per heavy atom. The van der Waals surface area contributed by atoms with Gasteiger partial charge in [0.2, 0.25) is 0 Å². The number of fused-ring (bicyclic) bond motifs is 2. The first-order valence-corrected chi connectivity index (χ1v) is 5.99.